The molecule has 1 aromatic rings. The van der Waals surface area contributed by atoms with Crippen molar-refractivity contribution < 1.29 is 0 Å². The Labute approximate surface area is 110 Å². The molecule has 0 amide bonds. The van der Waals surface area contributed by atoms with E-state index in [0.717, 1.165) is 12.0 Å². The lowest BCUT2D eigenvalue weighted by atomic mass is 9.96. The van der Waals surface area contributed by atoms with Crippen LogP contribution in [0.1, 0.15) is 49.8 Å². The zero-order valence-corrected chi connectivity index (χ0v) is 11.8. The van der Waals surface area contributed by atoms with E-state index in [9.17, 15) is 0 Å². The van der Waals surface area contributed by atoms with E-state index in [1.165, 1.54) is 56.2 Å². The van der Waals surface area contributed by atoms with Crippen LogP contribution in [0.2, 0.25) is 0 Å². The van der Waals surface area contributed by atoms with Crippen molar-refractivity contribution in [3.05, 3.63) is 22.4 Å². The number of rotatable bonds is 7. The second kappa shape index (κ2) is 7.17. The highest BCUT2D eigenvalue weighted by Crippen LogP contribution is 2.29. The molecule has 1 atom stereocenters. The van der Waals surface area contributed by atoms with Gasteiger partial charge >= 0.3 is 0 Å². The summed E-state index contributed by atoms with van der Waals surface area (Å²) in [5.41, 5.74) is 0. The molecule has 0 spiro atoms. The van der Waals surface area contributed by atoms with E-state index < -0.39 is 0 Å². The molecule has 1 fully saturated rings. The predicted molar refractivity (Wildman–Crippen MR) is 76.7 cm³/mol. The normalized spacial score (nSPS) is 18.6. The summed E-state index contributed by atoms with van der Waals surface area (Å²) in [5, 5.41) is 5.68. The largest absolute Gasteiger partial charge is 0.317 e. The topological polar surface area (TPSA) is 12.0 Å². The molecule has 0 radical (unpaired) electrons. The Kier molecular flexibility index (Phi) is 5.53. The summed E-state index contributed by atoms with van der Waals surface area (Å²) in [7, 11) is 2.12. The summed E-state index contributed by atoms with van der Waals surface area (Å²) < 4.78 is 0. The van der Waals surface area contributed by atoms with Gasteiger partial charge < -0.3 is 5.32 Å². The van der Waals surface area contributed by atoms with Crippen molar-refractivity contribution in [1.82, 2.24) is 5.32 Å². The second-order valence-electron chi connectivity index (χ2n) is 5.33. The zero-order chi connectivity index (χ0) is 11.9. The molecule has 2 rings (SSSR count). The summed E-state index contributed by atoms with van der Waals surface area (Å²) >= 11 is 1.89. The Bertz CT molecular complexity index is 288. The van der Waals surface area contributed by atoms with E-state index in [1.54, 1.807) is 0 Å². The molecule has 1 aromatic heterocycles. The van der Waals surface area contributed by atoms with Crippen molar-refractivity contribution in [3.63, 3.8) is 0 Å². The molecule has 0 aliphatic heterocycles. The van der Waals surface area contributed by atoms with Crippen LogP contribution < -0.4 is 5.32 Å². The van der Waals surface area contributed by atoms with E-state index in [2.05, 4.69) is 29.9 Å². The number of aryl methyl sites for hydroxylation is 1. The van der Waals surface area contributed by atoms with E-state index in [0.29, 0.717) is 0 Å². The third kappa shape index (κ3) is 4.44. The van der Waals surface area contributed by atoms with Gasteiger partial charge in [-0.2, -0.15) is 0 Å². The fourth-order valence-electron chi connectivity index (χ4n) is 2.94. The molecule has 0 aromatic carbocycles. The summed E-state index contributed by atoms with van der Waals surface area (Å²) in [6.07, 6.45) is 11.3. The summed E-state index contributed by atoms with van der Waals surface area (Å²) in [4.78, 5) is 1.53. The molecule has 1 N–H and O–H groups in total. The highest BCUT2D eigenvalue weighted by molar-refractivity contribution is 7.09. The van der Waals surface area contributed by atoms with Crippen LogP contribution in [0, 0.1) is 5.92 Å². The maximum atomic E-state index is 3.49. The molecule has 0 saturated heterocycles. The number of hydrogen-bond donors (Lipinski definition) is 1. The summed E-state index contributed by atoms with van der Waals surface area (Å²) in [6, 6.07) is 5.14. The fourth-order valence-corrected chi connectivity index (χ4v) is 3.67. The van der Waals surface area contributed by atoms with Crippen LogP contribution in [0.5, 0.6) is 0 Å². The average Bonchev–Trinajstić information content (AvgIpc) is 3.02. The van der Waals surface area contributed by atoms with Crippen molar-refractivity contribution >= 4 is 11.3 Å². The number of nitrogens with one attached hydrogen (secondary N) is 1. The number of thiophene rings is 1. The van der Waals surface area contributed by atoms with Crippen molar-refractivity contribution in [2.45, 2.75) is 57.4 Å². The van der Waals surface area contributed by atoms with Gasteiger partial charge in [-0.05, 0) is 50.1 Å². The molecule has 0 bridgehead atoms. The van der Waals surface area contributed by atoms with Crippen LogP contribution in [-0.4, -0.2) is 13.1 Å². The monoisotopic (exact) mass is 251 g/mol. The maximum absolute atomic E-state index is 3.49. The van der Waals surface area contributed by atoms with Crippen LogP contribution in [0.4, 0.5) is 0 Å². The molecule has 1 saturated carbocycles. The SMILES string of the molecule is CNC(CCc1cccs1)CCC1CCCC1. The van der Waals surface area contributed by atoms with Crippen molar-refractivity contribution in [1.29, 1.82) is 0 Å². The molecule has 17 heavy (non-hydrogen) atoms. The van der Waals surface area contributed by atoms with Crippen LogP contribution in [0.15, 0.2) is 17.5 Å². The highest BCUT2D eigenvalue weighted by Gasteiger charge is 2.16. The molecule has 2 heteroatoms. The molecule has 1 aliphatic rings. The first-order valence-electron chi connectivity index (χ1n) is 7.08. The first-order chi connectivity index (χ1) is 8.38. The summed E-state index contributed by atoms with van der Waals surface area (Å²) in [6.45, 7) is 0. The lowest BCUT2D eigenvalue weighted by Gasteiger charge is -2.18. The molecular formula is C15H25NS. The molecule has 1 heterocycles. The molecule has 96 valence electrons. The van der Waals surface area contributed by atoms with Gasteiger partial charge in [0.1, 0.15) is 0 Å². The Morgan fingerprint density at radius 1 is 1.35 bits per heavy atom. The van der Waals surface area contributed by atoms with E-state index in [1.807, 2.05) is 11.3 Å². The third-order valence-electron chi connectivity index (χ3n) is 4.13. The first-order valence-corrected chi connectivity index (χ1v) is 7.96. The maximum Gasteiger partial charge on any atom is 0.00676 e. The van der Waals surface area contributed by atoms with E-state index in [4.69, 9.17) is 0 Å². The third-order valence-corrected chi connectivity index (χ3v) is 5.06. The Morgan fingerprint density at radius 2 is 2.18 bits per heavy atom. The van der Waals surface area contributed by atoms with Gasteiger partial charge in [-0.15, -0.1) is 11.3 Å². The van der Waals surface area contributed by atoms with Gasteiger partial charge in [0.2, 0.25) is 0 Å². The van der Waals surface area contributed by atoms with E-state index in [-0.39, 0.29) is 0 Å². The van der Waals surface area contributed by atoms with Crippen molar-refractivity contribution in [2.24, 2.45) is 5.92 Å². The minimum Gasteiger partial charge on any atom is -0.317 e. The lowest BCUT2D eigenvalue weighted by molar-refractivity contribution is 0.406. The fraction of sp³-hybridized carbons (Fsp3) is 0.733. The summed E-state index contributed by atoms with van der Waals surface area (Å²) in [5.74, 6) is 1.03. The van der Waals surface area contributed by atoms with Gasteiger partial charge in [0, 0.05) is 10.9 Å². The predicted octanol–water partition coefficient (Wildman–Crippen LogP) is 4.24. The smallest absolute Gasteiger partial charge is 0.00676 e. The zero-order valence-electron chi connectivity index (χ0n) is 11.0. The Balaban J connectivity index is 1.65. The second-order valence-corrected chi connectivity index (χ2v) is 6.36. The van der Waals surface area contributed by atoms with Gasteiger partial charge in [-0.1, -0.05) is 31.7 Å². The van der Waals surface area contributed by atoms with Crippen LogP contribution in [0.3, 0.4) is 0 Å². The Hall–Kier alpha value is -0.340. The standard InChI is InChI=1S/C15H25NS/c1-16-14(9-8-13-5-2-3-6-13)10-11-15-7-4-12-17-15/h4,7,12-14,16H,2-3,5-6,8-11H2,1H3. The van der Waals surface area contributed by atoms with E-state index >= 15 is 0 Å². The quantitative estimate of drug-likeness (QED) is 0.764. The van der Waals surface area contributed by atoms with Crippen molar-refractivity contribution in [2.75, 3.05) is 7.05 Å². The molecule has 1 aliphatic carbocycles. The van der Waals surface area contributed by atoms with Gasteiger partial charge in [0.25, 0.3) is 0 Å². The lowest BCUT2D eigenvalue weighted by Crippen LogP contribution is -2.26. The number of hydrogen-bond acceptors (Lipinski definition) is 2. The van der Waals surface area contributed by atoms with Gasteiger partial charge in [0.05, 0.1) is 0 Å². The van der Waals surface area contributed by atoms with Crippen molar-refractivity contribution in [3.8, 4) is 0 Å². The molecule has 1 nitrogen and oxygen atoms in total. The van der Waals surface area contributed by atoms with Crippen LogP contribution in [-0.2, 0) is 6.42 Å². The minimum atomic E-state index is 0.720. The first kappa shape index (κ1) is 13.1. The van der Waals surface area contributed by atoms with Crippen LogP contribution in [0.25, 0.3) is 0 Å². The average molecular weight is 251 g/mol. The van der Waals surface area contributed by atoms with Crippen LogP contribution >= 0.6 is 11.3 Å². The van der Waals surface area contributed by atoms with Gasteiger partial charge in [-0.3, -0.25) is 0 Å². The van der Waals surface area contributed by atoms with Gasteiger partial charge in [0.15, 0.2) is 0 Å². The Morgan fingerprint density at radius 3 is 2.82 bits per heavy atom. The molecular weight excluding hydrogens is 226 g/mol. The molecule has 1 unspecified atom stereocenters. The van der Waals surface area contributed by atoms with Gasteiger partial charge in [-0.25, -0.2) is 0 Å². The minimum absolute atomic E-state index is 0.720. The highest BCUT2D eigenvalue weighted by atomic mass is 32.1.